The van der Waals surface area contributed by atoms with Crippen LogP contribution in [0.2, 0.25) is 5.02 Å². The summed E-state index contributed by atoms with van der Waals surface area (Å²) < 4.78 is 79.8. The van der Waals surface area contributed by atoms with E-state index in [0.29, 0.717) is 42.1 Å². The molecule has 0 aromatic heterocycles. The van der Waals surface area contributed by atoms with Crippen LogP contribution in [0.4, 0.5) is 31.1 Å². The second kappa shape index (κ2) is 13.0. The lowest BCUT2D eigenvalue weighted by Crippen LogP contribution is -2.71. The summed E-state index contributed by atoms with van der Waals surface area (Å²) in [6.45, 7) is -0.290. The Hall–Kier alpha value is -3.52. The van der Waals surface area contributed by atoms with Gasteiger partial charge in [0.2, 0.25) is 11.8 Å². The molecular weight excluding hydrogens is 604 g/mol. The van der Waals surface area contributed by atoms with Gasteiger partial charge < -0.3 is 25.8 Å². The average molecular weight is 634 g/mol. The number of alkyl halides is 6. The number of amides is 4. The van der Waals surface area contributed by atoms with E-state index in [-0.39, 0.29) is 50.4 Å². The molecule has 4 rings (SSSR count). The molecule has 0 unspecified atom stereocenters. The summed E-state index contributed by atoms with van der Waals surface area (Å²) in [6, 6.07) is 6.29. The molecule has 2 heterocycles. The molecule has 15 heteroatoms. The number of piperazine rings is 1. The van der Waals surface area contributed by atoms with E-state index in [2.05, 4.69) is 5.32 Å². The Morgan fingerprint density at radius 2 is 1.65 bits per heavy atom. The topological polar surface area (TPSA) is 99.0 Å². The molecule has 4 amide bonds. The number of carbonyl (C=O) groups excluding carboxylic acids is 3. The average Bonchev–Trinajstić information content (AvgIpc) is 2.94. The largest absolute Gasteiger partial charge is 0.416 e. The second-order valence-electron chi connectivity index (χ2n) is 10.4. The number of nitrogens with one attached hydrogen (secondary N) is 1. The van der Waals surface area contributed by atoms with Crippen molar-refractivity contribution >= 4 is 29.4 Å². The molecule has 43 heavy (non-hydrogen) atoms. The predicted octanol–water partition coefficient (Wildman–Crippen LogP) is 4.99. The molecule has 2 aliphatic heterocycles. The number of unbranched alkanes of at least 4 members (excludes halogenated alkanes) is 1. The number of nitrogens with two attached hydrogens (primary N) is 1. The van der Waals surface area contributed by atoms with E-state index < -0.39 is 53.8 Å². The van der Waals surface area contributed by atoms with Gasteiger partial charge in [-0.25, -0.2) is 4.79 Å². The van der Waals surface area contributed by atoms with Gasteiger partial charge >= 0.3 is 18.4 Å². The van der Waals surface area contributed by atoms with Crippen LogP contribution < -0.4 is 11.1 Å². The molecule has 0 saturated carbocycles. The van der Waals surface area contributed by atoms with E-state index in [0.717, 1.165) is 0 Å². The summed E-state index contributed by atoms with van der Waals surface area (Å²) in [6.07, 6.45) is -9.68. The van der Waals surface area contributed by atoms with Crippen molar-refractivity contribution in [3.63, 3.8) is 0 Å². The molecule has 3 N–H and O–H groups in total. The quantitative estimate of drug-likeness (QED) is 0.316. The van der Waals surface area contributed by atoms with Gasteiger partial charge in [-0.15, -0.1) is 0 Å². The standard InChI is InChI=1S/C28H30ClF6N5O3/c29-21-6-2-1-5-18(21)15-38-16-23-39(10-8-24(41)40(23)22(25(38)42)7-3-4-9-36)26(43)37-14-17-11-19(27(30,31)32)13-20(12-17)28(33,34)35/h1-2,5-6,11-13,22-23H,3-4,7-10,14-16,36H2,(H,37,43)/t22-,23+/m0/s1. The molecule has 0 bridgehead atoms. The van der Waals surface area contributed by atoms with Crippen LogP contribution in [0.1, 0.15) is 47.9 Å². The van der Waals surface area contributed by atoms with Crippen molar-refractivity contribution in [2.24, 2.45) is 5.73 Å². The maximum atomic E-state index is 13.6. The summed E-state index contributed by atoms with van der Waals surface area (Å²) in [5, 5.41) is 2.82. The maximum Gasteiger partial charge on any atom is 0.416 e. The fraction of sp³-hybridized carbons (Fsp3) is 0.464. The zero-order valence-electron chi connectivity index (χ0n) is 22.8. The highest BCUT2D eigenvalue weighted by Gasteiger charge is 2.48. The van der Waals surface area contributed by atoms with E-state index in [1.165, 1.54) is 14.7 Å². The summed E-state index contributed by atoms with van der Waals surface area (Å²) in [7, 11) is 0. The molecule has 2 aromatic carbocycles. The zero-order valence-corrected chi connectivity index (χ0v) is 23.6. The van der Waals surface area contributed by atoms with Gasteiger partial charge in [0.1, 0.15) is 12.2 Å². The number of benzene rings is 2. The van der Waals surface area contributed by atoms with Gasteiger partial charge in [-0.3, -0.25) is 9.59 Å². The summed E-state index contributed by atoms with van der Waals surface area (Å²) in [5.74, 6) is -0.669. The first-order chi connectivity index (χ1) is 20.2. The van der Waals surface area contributed by atoms with Gasteiger partial charge in [0.15, 0.2) is 0 Å². The number of rotatable bonds is 8. The van der Waals surface area contributed by atoms with Crippen molar-refractivity contribution in [1.29, 1.82) is 0 Å². The molecule has 2 fully saturated rings. The lowest BCUT2D eigenvalue weighted by atomic mass is 9.98. The first-order valence-corrected chi connectivity index (χ1v) is 13.9. The Bertz CT molecular complexity index is 1320. The lowest BCUT2D eigenvalue weighted by molar-refractivity contribution is -0.167. The Kier molecular flexibility index (Phi) is 9.79. The van der Waals surface area contributed by atoms with Crippen molar-refractivity contribution in [2.45, 2.75) is 63.3 Å². The molecule has 0 spiro atoms. The molecular formula is C28H30ClF6N5O3. The van der Waals surface area contributed by atoms with Crippen LogP contribution in [-0.2, 0) is 35.0 Å². The minimum atomic E-state index is -5.04. The highest BCUT2D eigenvalue weighted by Crippen LogP contribution is 2.36. The van der Waals surface area contributed by atoms with Crippen LogP contribution >= 0.6 is 11.6 Å². The number of fused-ring (bicyclic) bond motifs is 1. The van der Waals surface area contributed by atoms with Crippen LogP contribution in [0.3, 0.4) is 0 Å². The van der Waals surface area contributed by atoms with Crippen LogP contribution in [-0.4, -0.2) is 64.4 Å². The van der Waals surface area contributed by atoms with E-state index in [1.54, 1.807) is 24.3 Å². The maximum absolute atomic E-state index is 13.6. The predicted molar refractivity (Wildman–Crippen MR) is 144 cm³/mol. The van der Waals surface area contributed by atoms with Crippen molar-refractivity contribution in [3.8, 4) is 0 Å². The molecule has 2 aromatic rings. The van der Waals surface area contributed by atoms with Crippen LogP contribution in [0.5, 0.6) is 0 Å². The minimum absolute atomic E-state index is 0.0108. The zero-order chi connectivity index (χ0) is 31.5. The molecule has 0 radical (unpaired) electrons. The fourth-order valence-corrected chi connectivity index (χ4v) is 5.55. The van der Waals surface area contributed by atoms with Crippen molar-refractivity contribution in [1.82, 2.24) is 20.0 Å². The van der Waals surface area contributed by atoms with E-state index >= 15 is 0 Å². The fourth-order valence-electron chi connectivity index (χ4n) is 5.35. The Labute approximate surface area is 248 Å². The lowest BCUT2D eigenvalue weighted by Gasteiger charge is -2.52. The first-order valence-electron chi connectivity index (χ1n) is 13.6. The van der Waals surface area contributed by atoms with Gasteiger partial charge in [-0.05, 0) is 61.2 Å². The number of halogens is 7. The highest BCUT2D eigenvalue weighted by atomic mass is 35.5. The Balaban J connectivity index is 1.59. The third-order valence-corrected chi connectivity index (χ3v) is 7.82. The number of urea groups is 1. The van der Waals surface area contributed by atoms with Gasteiger partial charge in [0, 0.05) is 31.1 Å². The number of hydrogen-bond donors (Lipinski definition) is 2. The molecule has 2 atom stereocenters. The highest BCUT2D eigenvalue weighted by molar-refractivity contribution is 6.31. The molecule has 8 nitrogen and oxygen atoms in total. The van der Waals surface area contributed by atoms with Crippen LogP contribution in [0.25, 0.3) is 0 Å². The van der Waals surface area contributed by atoms with E-state index in [9.17, 15) is 40.7 Å². The monoisotopic (exact) mass is 633 g/mol. The molecule has 2 saturated heterocycles. The first kappa shape index (κ1) is 32.4. The van der Waals surface area contributed by atoms with Crippen molar-refractivity contribution in [2.75, 3.05) is 19.6 Å². The van der Waals surface area contributed by atoms with E-state index in [4.69, 9.17) is 17.3 Å². The van der Waals surface area contributed by atoms with Crippen molar-refractivity contribution in [3.05, 3.63) is 69.7 Å². The number of nitrogens with zero attached hydrogens (tertiary/aromatic N) is 3. The Morgan fingerprint density at radius 3 is 2.26 bits per heavy atom. The molecule has 2 aliphatic rings. The van der Waals surface area contributed by atoms with Crippen LogP contribution in [0.15, 0.2) is 42.5 Å². The third-order valence-electron chi connectivity index (χ3n) is 7.45. The van der Waals surface area contributed by atoms with Gasteiger partial charge in [0.25, 0.3) is 0 Å². The Morgan fingerprint density at radius 1 is 1.00 bits per heavy atom. The van der Waals surface area contributed by atoms with Gasteiger partial charge in [-0.2, -0.15) is 26.3 Å². The second-order valence-corrected chi connectivity index (χ2v) is 10.8. The minimum Gasteiger partial charge on any atom is -0.334 e. The molecule has 234 valence electrons. The van der Waals surface area contributed by atoms with Crippen molar-refractivity contribution < 1.29 is 40.7 Å². The van der Waals surface area contributed by atoms with Gasteiger partial charge in [-0.1, -0.05) is 29.8 Å². The molecule has 0 aliphatic carbocycles. The number of hydrogen-bond acceptors (Lipinski definition) is 4. The number of carbonyl (C=O) groups is 3. The summed E-state index contributed by atoms with van der Waals surface area (Å²) >= 11 is 6.32. The third kappa shape index (κ3) is 7.53. The van der Waals surface area contributed by atoms with Gasteiger partial charge in [0.05, 0.1) is 17.7 Å². The summed E-state index contributed by atoms with van der Waals surface area (Å²) in [5.41, 5.74) is 2.87. The smallest absolute Gasteiger partial charge is 0.334 e. The summed E-state index contributed by atoms with van der Waals surface area (Å²) in [4.78, 5) is 44.2. The SMILES string of the molecule is NCCCC[C@H]1C(=O)N(Cc2ccccc2Cl)C[C@@H]2N(C(=O)NCc3cc(C(F)(F)F)cc(C(F)(F)F)c3)CCC(=O)N21. The normalized spacial score (nSPS) is 19.5. The van der Waals surface area contributed by atoms with E-state index in [1.807, 2.05) is 0 Å². The van der Waals surface area contributed by atoms with Crippen LogP contribution in [0, 0.1) is 0 Å².